The highest BCUT2D eigenvalue weighted by molar-refractivity contribution is 8.00. The molecule has 0 fully saturated rings. The minimum Gasteiger partial charge on any atom is -0.324 e. The van der Waals surface area contributed by atoms with E-state index in [4.69, 9.17) is 11.6 Å². The number of rotatable bonds is 7. The minimum absolute atomic E-state index is 0.162. The molecule has 1 aromatic heterocycles. The molecule has 24 heavy (non-hydrogen) atoms. The zero-order valence-corrected chi connectivity index (χ0v) is 14.1. The number of carbonyl (C=O) groups is 1. The van der Waals surface area contributed by atoms with Crippen LogP contribution in [0.2, 0.25) is 5.02 Å². The number of thioether (sulfide) groups is 1. The van der Waals surface area contributed by atoms with Gasteiger partial charge in [-0.15, -0.1) is 11.7 Å². The maximum atomic E-state index is 12.3. The van der Waals surface area contributed by atoms with E-state index in [1.54, 1.807) is 13.0 Å². The lowest BCUT2D eigenvalue weighted by molar-refractivity contribution is -0.384. The molecule has 0 aliphatic heterocycles. The number of allylic oxidation sites excluding steroid dienone is 1. The first-order valence-electron chi connectivity index (χ1n) is 6.71. The van der Waals surface area contributed by atoms with Crippen molar-refractivity contribution in [3.8, 4) is 0 Å². The first-order chi connectivity index (χ1) is 11.4. The van der Waals surface area contributed by atoms with Crippen LogP contribution in [0.1, 0.15) is 6.92 Å². The summed E-state index contributed by atoms with van der Waals surface area (Å²) >= 11 is 7.12. The van der Waals surface area contributed by atoms with Crippen LogP contribution in [0.25, 0.3) is 0 Å². The van der Waals surface area contributed by atoms with Crippen molar-refractivity contribution in [2.45, 2.75) is 23.9 Å². The number of nitro benzene ring substituents is 1. The first kappa shape index (κ1) is 17.9. The van der Waals surface area contributed by atoms with Gasteiger partial charge >= 0.3 is 0 Å². The van der Waals surface area contributed by atoms with E-state index >= 15 is 0 Å². The largest absolute Gasteiger partial charge is 0.324 e. The van der Waals surface area contributed by atoms with Gasteiger partial charge in [0.15, 0.2) is 0 Å². The van der Waals surface area contributed by atoms with Crippen LogP contribution in [0.4, 0.5) is 11.4 Å². The molecule has 1 heterocycles. The molecule has 126 valence electrons. The van der Waals surface area contributed by atoms with Crippen LogP contribution in [0, 0.1) is 10.1 Å². The number of nitrogens with zero attached hydrogens (tertiary/aromatic N) is 5. The molecule has 1 amide bonds. The van der Waals surface area contributed by atoms with Crippen LogP contribution in [-0.2, 0) is 11.3 Å². The van der Waals surface area contributed by atoms with Crippen LogP contribution in [0.15, 0.2) is 36.0 Å². The predicted octanol–water partition coefficient (Wildman–Crippen LogP) is 2.54. The van der Waals surface area contributed by atoms with Crippen molar-refractivity contribution in [3.05, 3.63) is 46.0 Å². The van der Waals surface area contributed by atoms with E-state index in [0.29, 0.717) is 11.7 Å². The number of amides is 1. The Morgan fingerprint density at radius 1 is 1.62 bits per heavy atom. The summed E-state index contributed by atoms with van der Waals surface area (Å²) in [6.45, 7) is 5.69. The highest BCUT2D eigenvalue weighted by atomic mass is 35.5. The van der Waals surface area contributed by atoms with Gasteiger partial charge in [-0.3, -0.25) is 14.9 Å². The summed E-state index contributed by atoms with van der Waals surface area (Å²) in [6, 6.07) is 3.83. The van der Waals surface area contributed by atoms with E-state index in [9.17, 15) is 14.9 Å². The van der Waals surface area contributed by atoms with Crippen LogP contribution >= 0.6 is 23.4 Å². The summed E-state index contributed by atoms with van der Waals surface area (Å²) in [7, 11) is 0. The number of aromatic nitrogens is 4. The third-order valence-electron chi connectivity index (χ3n) is 2.87. The van der Waals surface area contributed by atoms with E-state index in [1.807, 2.05) is 0 Å². The third kappa shape index (κ3) is 4.30. The van der Waals surface area contributed by atoms with Crippen molar-refractivity contribution in [1.82, 2.24) is 20.2 Å². The van der Waals surface area contributed by atoms with Gasteiger partial charge in [0.1, 0.15) is 0 Å². The highest BCUT2D eigenvalue weighted by Crippen LogP contribution is 2.28. The molecule has 0 spiro atoms. The summed E-state index contributed by atoms with van der Waals surface area (Å²) in [5.41, 5.74) is 0.0129. The summed E-state index contributed by atoms with van der Waals surface area (Å²) in [4.78, 5) is 22.5. The normalized spacial score (nSPS) is 11.8. The summed E-state index contributed by atoms with van der Waals surface area (Å²) in [5, 5.41) is 24.7. The minimum atomic E-state index is -0.562. The molecule has 2 rings (SSSR count). The molecule has 2 aromatic rings. The van der Waals surface area contributed by atoms with Crippen LogP contribution in [0.5, 0.6) is 0 Å². The molecular formula is C13H13ClN6O3S. The van der Waals surface area contributed by atoms with Crippen molar-refractivity contribution in [3.63, 3.8) is 0 Å². The molecule has 11 heteroatoms. The Morgan fingerprint density at radius 3 is 3.04 bits per heavy atom. The fourth-order valence-corrected chi connectivity index (χ4v) is 2.65. The van der Waals surface area contributed by atoms with Crippen molar-refractivity contribution < 1.29 is 9.72 Å². The predicted molar refractivity (Wildman–Crippen MR) is 90.1 cm³/mol. The molecule has 9 nitrogen and oxygen atoms in total. The Morgan fingerprint density at radius 2 is 2.38 bits per heavy atom. The zero-order valence-electron chi connectivity index (χ0n) is 12.5. The number of carbonyl (C=O) groups excluding carboxylic acids is 1. The Labute approximate surface area is 146 Å². The fourth-order valence-electron chi connectivity index (χ4n) is 1.69. The van der Waals surface area contributed by atoms with Gasteiger partial charge in [0.25, 0.3) is 5.69 Å². The maximum absolute atomic E-state index is 12.3. The molecule has 0 aliphatic carbocycles. The summed E-state index contributed by atoms with van der Waals surface area (Å²) in [6.07, 6.45) is 1.63. The number of anilines is 1. The highest BCUT2D eigenvalue weighted by Gasteiger charge is 2.20. The van der Waals surface area contributed by atoms with Crippen molar-refractivity contribution in [2.75, 3.05) is 5.32 Å². The van der Waals surface area contributed by atoms with Gasteiger partial charge in [-0.1, -0.05) is 29.4 Å². The van der Waals surface area contributed by atoms with Gasteiger partial charge in [-0.2, -0.15) is 0 Å². The number of non-ortho nitro benzene ring substituents is 1. The van der Waals surface area contributed by atoms with Crippen LogP contribution in [0.3, 0.4) is 0 Å². The third-order valence-corrected chi connectivity index (χ3v) is 4.27. The lowest BCUT2D eigenvalue weighted by Gasteiger charge is -2.12. The zero-order chi connectivity index (χ0) is 17.7. The van der Waals surface area contributed by atoms with Crippen molar-refractivity contribution in [1.29, 1.82) is 0 Å². The number of halogens is 1. The number of tetrazole rings is 1. The van der Waals surface area contributed by atoms with Gasteiger partial charge in [0.2, 0.25) is 11.1 Å². The Balaban J connectivity index is 2.09. The Bertz CT molecular complexity index is 781. The second-order valence-electron chi connectivity index (χ2n) is 4.60. The molecule has 1 aromatic carbocycles. The van der Waals surface area contributed by atoms with E-state index in [1.165, 1.54) is 22.9 Å². The van der Waals surface area contributed by atoms with Crippen LogP contribution in [-0.4, -0.2) is 36.3 Å². The number of nitrogens with one attached hydrogen (secondary N) is 1. The molecule has 0 saturated heterocycles. The van der Waals surface area contributed by atoms with E-state index in [2.05, 4.69) is 27.4 Å². The average molecular weight is 369 g/mol. The molecule has 0 aliphatic rings. The maximum Gasteiger partial charge on any atom is 0.271 e. The Hall–Kier alpha value is -2.46. The smallest absolute Gasteiger partial charge is 0.271 e. The standard InChI is InChI=1S/C13H13ClN6O3S/c1-3-6-19-13(16-17-18-19)24-8(2)12(21)15-11-7-9(20(22)23)4-5-10(11)14/h3-5,7-8H,1,6H2,2H3,(H,15,21). The number of hydrogen-bond acceptors (Lipinski definition) is 7. The molecule has 0 saturated carbocycles. The van der Waals surface area contributed by atoms with Gasteiger partial charge in [0, 0.05) is 12.1 Å². The van der Waals surface area contributed by atoms with Crippen molar-refractivity contribution in [2.24, 2.45) is 0 Å². The molecule has 0 bridgehead atoms. The second kappa shape index (κ2) is 7.88. The summed E-state index contributed by atoms with van der Waals surface area (Å²) < 4.78 is 1.50. The fraction of sp³-hybridized carbons (Fsp3) is 0.231. The lowest BCUT2D eigenvalue weighted by atomic mass is 10.2. The van der Waals surface area contributed by atoms with Gasteiger partial charge in [-0.25, -0.2) is 4.68 Å². The van der Waals surface area contributed by atoms with Gasteiger partial charge in [-0.05, 0) is 23.4 Å². The molecule has 1 unspecified atom stereocenters. The van der Waals surface area contributed by atoms with Gasteiger partial charge in [0.05, 0.1) is 27.4 Å². The second-order valence-corrected chi connectivity index (χ2v) is 6.32. The quantitative estimate of drug-likeness (QED) is 0.345. The first-order valence-corrected chi connectivity index (χ1v) is 7.96. The molecule has 0 radical (unpaired) electrons. The topological polar surface area (TPSA) is 116 Å². The van der Waals surface area contributed by atoms with Crippen LogP contribution < -0.4 is 5.32 Å². The SMILES string of the molecule is C=CCn1nnnc1SC(C)C(=O)Nc1cc([N+](=O)[O-])ccc1Cl. The van der Waals surface area contributed by atoms with Crippen molar-refractivity contribution >= 4 is 40.6 Å². The van der Waals surface area contributed by atoms with Gasteiger partial charge < -0.3 is 5.32 Å². The van der Waals surface area contributed by atoms with E-state index in [0.717, 1.165) is 11.8 Å². The average Bonchev–Trinajstić information content (AvgIpc) is 2.96. The number of nitro groups is 1. The number of hydrogen-bond donors (Lipinski definition) is 1. The number of benzene rings is 1. The molecular weight excluding hydrogens is 356 g/mol. The molecule has 1 atom stereocenters. The summed E-state index contributed by atoms with van der Waals surface area (Å²) in [5.74, 6) is -0.379. The monoisotopic (exact) mass is 368 g/mol. The Kier molecular flexibility index (Phi) is 5.88. The molecule has 1 N–H and O–H groups in total. The lowest BCUT2D eigenvalue weighted by Crippen LogP contribution is -2.23. The van der Waals surface area contributed by atoms with E-state index < -0.39 is 10.2 Å². The van der Waals surface area contributed by atoms with E-state index in [-0.39, 0.29) is 22.3 Å².